The Morgan fingerprint density at radius 3 is 2.42 bits per heavy atom. The summed E-state index contributed by atoms with van der Waals surface area (Å²) in [5.74, 6) is -0.227. The monoisotopic (exact) mass is 464 g/mol. The molecular weight excluding hydrogens is 443 g/mol. The number of phenols is 1. The third-order valence-electron chi connectivity index (χ3n) is 5.08. The zero-order chi connectivity index (χ0) is 23.4. The van der Waals surface area contributed by atoms with Crippen LogP contribution in [0.1, 0.15) is 5.56 Å². The van der Waals surface area contributed by atoms with Crippen LogP contribution in [0.4, 0.5) is 10.2 Å². The Balaban J connectivity index is 1.59. The molecule has 0 aliphatic carbocycles. The van der Waals surface area contributed by atoms with E-state index >= 15 is 0 Å². The van der Waals surface area contributed by atoms with Gasteiger partial charge in [-0.25, -0.2) is 22.5 Å². The van der Waals surface area contributed by atoms with Crippen molar-refractivity contribution in [3.63, 3.8) is 0 Å². The molecule has 0 unspecified atom stereocenters. The molecule has 0 bridgehead atoms. The van der Waals surface area contributed by atoms with Crippen LogP contribution in [0.3, 0.4) is 0 Å². The number of nitrogens with two attached hydrogens (primary N) is 1. The van der Waals surface area contributed by atoms with Gasteiger partial charge in [0.2, 0.25) is 10.0 Å². The molecule has 3 aromatic carbocycles. The Labute approximate surface area is 190 Å². The fourth-order valence-corrected chi connectivity index (χ4v) is 4.69. The van der Waals surface area contributed by atoms with E-state index in [9.17, 15) is 17.9 Å². The van der Waals surface area contributed by atoms with Gasteiger partial charge in [0.25, 0.3) is 0 Å². The summed E-state index contributed by atoms with van der Waals surface area (Å²) >= 11 is 0. The zero-order valence-corrected chi connectivity index (χ0v) is 18.3. The summed E-state index contributed by atoms with van der Waals surface area (Å²) in [7, 11) is -3.89. The number of anilines is 1. The molecule has 0 saturated heterocycles. The van der Waals surface area contributed by atoms with Crippen molar-refractivity contribution >= 4 is 15.8 Å². The Morgan fingerprint density at radius 2 is 1.70 bits per heavy atom. The molecule has 168 valence electrons. The van der Waals surface area contributed by atoms with Gasteiger partial charge in [-0.1, -0.05) is 42.5 Å². The van der Waals surface area contributed by atoms with Crippen LogP contribution in [0, 0.1) is 5.82 Å². The molecule has 1 heterocycles. The smallest absolute Gasteiger partial charge is 0.241 e. The second kappa shape index (κ2) is 9.35. The Morgan fingerprint density at radius 1 is 0.939 bits per heavy atom. The van der Waals surface area contributed by atoms with Crippen molar-refractivity contribution in [1.82, 2.24) is 14.7 Å². The maximum Gasteiger partial charge on any atom is 0.241 e. The van der Waals surface area contributed by atoms with Crippen LogP contribution >= 0.6 is 0 Å². The van der Waals surface area contributed by atoms with Crippen LogP contribution in [-0.4, -0.2) is 30.0 Å². The zero-order valence-electron chi connectivity index (χ0n) is 17.4. The lowest BCUT2D eigenvalue weighted by atomic mass is 10.0. The number of phenolic OH excluding ortho intramolecular Hbond substituents is 1. The van der Waals surface area contributed by atoms with E-state index in [2.05, 4.69) is 14.7 Å². The van der Waals surface area contributed by atoms with E-state index in [1.165, 1.54) is 30.6 Å². The highest BCUT2D eigenvalue weighted by Crippen LogP contribution is 2.31. The molecule has 0 fully saturated rings. The maximum atomic E-state index is 14.9. The minimum Gasteiger partial charge on any atom is -0.508 e. The van der Waals surface area contributed by atoms with Crippen LogP contribution in [0.15, 0.2) is 84.0 Å². The summed E-state index contributed by atoms with van der Waals surface area (Å²) in [6.45, 7) is 0.0946. The minimum atomic E-state index is -3.89. The predicted molar refractivity (Wildman–Crippen MR) is 124 cm³/mol. The van der Waals surface area contributed by atoms with Crippen LogP contribution in [0.25, 0.3) is 22.4 Å². The van der Waals surface area contributed by atoms with Gasteiger partial charge in [-0.3, -0.25) is 4.98 Å². The highest BCUT2D eigenvalue weighted by Gasteiger charge is 2.20. The third-order valence-corrected chi connectivity index (χ3v) is 6.60. The van der Waals surface area contributed by atoms with Crippen molar-refractivity contribution in [3.05, 3.63) is 90.5 Å². The number of nitrogen functional groups attached to an aromatic ring is 1. The first-order valence-corrected chi connectivity index (χ1v) is 11.6. The van der Waals surface area contributed by atoms with Gasteiger partial charge in [0.1, 0.15) is 17.4 Å². The molecule has 33 heavy (non-hydrogen) atoms. The number of para-hydroxylation sites is 1. The lowest BCUT2D eigenvalue weighted by Gasteiger charge is -2.13. The number of aromatic nitrogens is 2. The van der Waals surface area contributed by atoms with E-state index in [-0.39, 0.29) is 28.6 Å². The van der Waals surface area contributed by atoms with E-state index in [1.54, 1.807) is 48.5 Å². The van der Waals surface area contributed by atoms with Gasteiger partial charge >= 0.3 is 0 Å². The van der Waals surface area contributed by atoms with Crippen LogP contribution in [0.2, 0.25) is 0 Å². The number of benzene rings is 3. The number of aromatic hydroxyl groups is 1. The topological polar surface area (TPSA) is 118 Å². The first-order valence-electron chi connectivity index (χ1n) is 10.1. The number of sulfonamides is 1. The lowest BCUT2D eigenvalue weighted by molar-refractivity contribution is 0.467. The van der Waals surface area contributed by atoms with Gasteiger partial charge in [-0.15, -0.1) is 0 Å². The molecule has 0 atom stereocenters. The van der Waals surface area contributed by atoms with Gasteiger partial charge in [0.05, 0.1) is 23.0 Å². The molecule has 0 spiro atoms. The fraction of sp³-hybridized carbons (Fsp3) is 0.0833. The predicted octanol–water partition coefficient (Wildman–Crippen LogP) is 3.76. The van der Waals surface area contributed by atoms with E-state index < -0.39 is 15.8 Å². The normalized spacial score (nSPS) is 11.4. The number of hydrogen-bond donors (Lipinski definition) is 3. The largest absolute Gasteiger partial charge is 0.508 e. The molecular formula is C24H21FN4O3S. The quantitative estimate of drug-likeness (QED) is 0.383. The molecule has 9 heteroatoms. The molecule has 4 N–H and O–H groups in total. The molecule has 4 rings (SSSR count). The summed E-state index contributed by atoms with van der Waals surface area (Å²) in [6.07, 6.45) is 3.03. The van der Waals surface area contributed by atoms with Crippen molar-refractivity contribution in [2.75, 3.05) is 12.3 Å². The van der Waals surface area contributed by atoms with Crippen molar-refractivity contribution in [3.8, 4) is 28.1 Å². The van der Waals surface area contributed by atoms with E-state index in [0.29, 0.717) is 28.8 Å². The lowest BCUT2D eigenvalue weighted by Crippen LogP contribution is -2.26. The number of halogens is 1. The SMILES string of the molecule is Nc1cnc(-c2ccc(-c3ccccc3S(=O)(=O)NCCc3ccccc3O)cc2F)cn1. The maximum absolute atomic E-state index is 14.9. The van der Waals surface area contributed by atoms with Crippen molar-refractivity contribution < 1.29 is 17.9 Å². The average molecular weight is 465 g/mol. The van der Waals surface area contributed by atoms with Crippen LogP contribution < -0.4 is 10.5 Å². The molecule has 7 nitrogen and oxygen atoms in total. The summed E-state index contributed by atoms with van der Waals surface area (Å²) in [5.41, 5.74) is 7.48. The second-order valence-electron chi connectivity index (χ2n) is 7.29. The van der Waals surface area contributed by atoms with E-state index in [0.717, 1.165) is 0 Å². The van der Waals surface area contributed by atoms with Crippen LogP contribution in [0.5, 0.6) is 5.75 Å². The standard InChI is InChI=1S/C24H21FN4O3S/c25-20-13-17(9-10-19(20)21-14-28-24(26)15-27-21)18-6-2-4-8-23(18)33(31,32)29-12-11-16-5-1-3-7-22(16)30/h1-10,13-15,29-30H,11-12H2,(H2,26,28). The van der Waals surface area contributed by atoms with Gasteiger partial charge in [0.15, 0.2) is 0 Å². The van der Waals surface area contributed by atoms with E-state index in [4.69, 9.17) is 5.73 Å². The number of nitrogens with one attached hydrogen (secondary N) is 1. The summed E-state index contributed by atoms with van der Waals surface area (Å²) in [6, 6.07) is 17.6. The van der Waals surface area contributed by atoms with Crippen LogP contribution in [-0.2, 0) is 16.4 Å². The van der Waals surface area contributed by atoms with Crippen molar-refractivity contribution in [1.29, 1.82) is 0 Å². The van der Waals surface area contributed by atoms with Gasteiger partial charge in [0, 0.05) is 17.7 Å². The third kappa shape index (κ3) is 5.00. The first kappa shape index (κ1) is 22.4. The Kier molecular flexibility index (Phi) is 6.34. The first-order chi connectivity index (χ1) is 15.8. The Bertz CT molecular complexity index is 1390. The second-order valence-corrected chi connectivity index (χ2v) is 9.03. The highest BCUT2D eigenvalue weighted by atomic mass is 32.2. The molecule has 0 radical (unpaired) electrons. The molecule has 0 saturated carbocycles. The Hall–Kier alpha value is -3.82. The molecule has 0 aliphatic rings. The van der Waals surface area contributed by atoms with Crippen molar-refractivity contribution in [2.24, 2.45) is 0 Å². The summed E-state index contributed by atoms with van der Waals surface area (Å²) < 4.78 is 43.5. The average Bonchev–Trinajstić information content (AvgIpc) is 2.81. The molecule has 1 aromatic heterocycles. The van der Waals surface area contributed by atoms with Gasteiger partial charge in [-0.05, 0) is 41.8 Å². The minimum absolute atomic E-state index is 0.0294. The number of rotatable bonds is 7. The van der Waals surface area contributed by atoms with Crippen molar-refractivity contribution in [2.45, 2.75) is 11.3 Å². The number of nitrogens with zero attached hydrogens (tertiary/aromatic N) is 2. The molecule has 4 aromatic rings. The summed E-state index contributed by atoms with van der Waals surface area (Å²) in [5, 5.41) is 9.87. The summed E-state index contributed by atoms with van der Waals surface area (Å²) in [4.78, 5) is 8.04. The highest BCUT2D eigenvalue weighted by molar-refractivity contribution is 7.89. The fourth-order valence-electron chi connectivity index (χ4n) is 3.43. The molecule has 0 aliphatic heterocycles. The van der Waals surface area contributed by atoms with Gasteiger partial charge in [-0.2, -0.15) is 0 Å². The van der Waals surface area contributed by atoms with Gasteiger partial charge < -0.3 is 10.8 Å². The van der Waals surface area contributed by atoms with E-state index in [1.807, 2.05) is 0 Å². The number of hydrogen-bond acceptors (Lipinski definition) is 6. The molecule has 0 amide bonds.